The van der Waals surface area contributed by atoms with Gasteiger partial charge in [0.15, 0.2) is 0 Å². The zero-order valence-corrected chi connectivity index (χ0v) is 17.8. The van der Waals surface area contributed by atoms with Gasteiger partial charge in [-0.2, -0.15) is 0 Å². The molecule has 2 atom stereocenters. The monoisotopic (exact) mass is 418 g/mol. The Hall–Kier alpha value is -2.25. The maximum absolute atomic E-state index is 14.3. The minimum absolute atomic E-state index is 0.109. The molecule has 0 aliphatic heterocycles. The van der Waals surface area contributed by atoms with Crippen LogP contribution >= 0.6 is 0 Å². The van der Waals surface area contributed by atoms with Crippen molar-refractivity contribution in [1.82, 2.24) is 4.72 Å². The number of nitrogens with one attached hydrogen (secondary N) is 2. The van der Waals surface area contributed by atoms with Crippen molar-refractivity contribution in [3.05, 3.63) is 58.9 Å². The molecule has 1 amide bonds. The minimum atomic E-state index is -3.85. The first-order valence-electron chi connectivity index (χ1n) is 9.88. The first-order chi connectivity index (χ1) is 13.7. The maximum atomic E-state index is 14.3. The Morgan fingerprint density at radius 2 is 1.83 bits per heavy atom. The first kappa shape index (κ1) is 21.5. The minimum Gasteiger partial charge on any atom is -0.322 e. The first-order valence-corrected chi connectivity index (χ1v) is 11.4. The van der Waals surface area contributed by atoms with E-state index in [2.05, 4.69) is 10.0 Å². The van der Waals surface area contributed by atoms with Crippen LogP contribution in [0.1, 0.15) is 54.1 Å². The summed E-state index contributed by atoms with van der Waals surface area (Å²) in [7, 11) is -3.85. The molecule has 0 spiro atoms. The van der Waals surface area contributed by atoms with Gasteiger partial charge in [-0.15, -0.1) is 0 Å². The molecule has 0 bridgehead atoms. The second-order valence-corrected chi connectivity index (χ2v) is 9.55. The quantitative estimate of drug-likeness (QED) is 0.748. The molecule has 0 radical (unpaired) electrons. The fraction of sp³-hybridized carbons (Fsp3) is 0.409. The van der Waals surface area contributed by atoms with Gasteiger partial charge in [0.25, 0.3) is 5.91 Å². The lowest BCUT2D eigenvalue weighted by atomic mass is 9.87. The van der Waals surface area contributed by atoms with Crippen molar-refractivity contribution < 1.29 is 17.6 Å². The van der Waals surface area contributed by atoms with E-state index < -0.39 is 21.7 Å². The number of halogens is 1. The van der Waals surface area contributed by atoms with Crippen LogP contribution in [-0.4, -0.2) is 20.4 Å². The summed E-state index contributed by atoms with van der Waals surface area (Å²) in [6.45, 7) is 5.80. The van der Waals surface area contributed by atoms with Crippen LogP contribution in [0.2, 0.25) is 0 Å². The number of carbonyl (C=O) groups is 1. The van der Waals surface area contributed by atoms with Gasteiger partial charge in [0.1, 0.15) is 5.82 Å². The highest BCUT2D eigenvalue weighted by atomic mass is 32.2. The molecule has 1 aliphatic rings. The zero-order valence-electron chi connectivity index (χ0n) is 17.0. The highest BCUT2D eigenvalue weighted by molar-refractivity contribution is 7.89. The van der Waals surface area contributed by atoms with Crippen molar-refractivity contribution in [2.45, 2.75) is 57.4 Å². The number of hydrogen-bond acceptors (Lipinski definition) is 3. The lowest BCUT2D eigenvalue weighted by Gasteiger charge is -2.29. The van der Waals surface area contributed by atoms with E-state index in [1.165, 1.54) is 6.07 Å². The third kappa shape index (κ3) is 4.85. The van der Waals surface area contributed by atoms with E-state index >= 15 is 0 Å². The Morgan fingerprint density at radius 1 is 1.10 bits per heavy atom. The van der Waals surface area contributed by atoms with E-state index in [-0.39, 0.29) is 22.4 Å². The fourth-order valence-electron chi connectivity index (χ4n) is 3.68. The molecule has 0 saturated heterocycles. The van der Waals surface area contributed by atoms with Gasteiger partial charge in [-0.1, -0.05) is 31.9 Å². The SMILES string of the molecule is Cc1cccc(NC(=O)c2cc(S(=O)(=O)NC3CCCCC3C)ccc2F)c1C. The highest BCUT2D eigenvalue weighted by Gasteiger charge is 2.27. The molecule has 5 nitrogen and oxygen atoms in total. The van der Waals surface area contributed by atoms with Crippen LogP contribution in [0.15, 0.2) is 41.3 Å². The second-order valence-electron chi connectivity index (χ2n) is 7.83. The van der Waals surface area contributed by atoms with Gasteiger partial charge in [-0.05, 0) is 68.0 Å². The zero-order chi connectivity index (χ0) is 21.2. The molecule has 29 heavy (non-hydrogen) atoms. The summed E-state index contributed by atoms with van der Waals surface area (Å²) in [5, 5.41) is 2.68. The number of benzene rings is 2. The Labute approximate surface area is 171 Å². The fourth-order valence-corrected chi connectivity index (χ4v) is 5.09. The summed E-state index contributed by atoms with van der Waals surface area (Å²) in [6, 6.07) is 8.61. The molecule has 2 aromatic carbocycles. The molecule has 0 heterocycles. The van der Waals surface area contributed by atoms with E-state index in [9.17, 15) is 17.6 Å². The number of carbonyl (C=O) groups excluding carboxylic acids is 1. The third-order valence-electron chi connectivity index (χ3n) is 5.76. The third-order valence-corrected chi connectivity index (χ3v) is 7.25. The Bertz CT molecular complexity index is 1020. The number of rotatable bonds is 5. The van der Waals surface area contributed by atoms with Crippen molar-refractivity contribution in [3.63, 3.8) is 0 Å². The van der Waals surface area contributed by atoms with Crippen molar-refractivity contribution >= 4 is 21.6 Å². The summed E-state index contributed by atoms with van der Waals surface area (Å²) >= 11 is 0. The van der Waals surface area contributed by atoms with Crippen molar-refractivity contribution in [1.29, 1.82) is 0 Å². The Balaban J connectivity index is 1.85. The molecule has 156 valence electrons. The van der Waals surface area contributed by atoms with Gasteiger partial charge in [-0.25, -0.2) is 17.5 Å². The molecule has 2 N–H and O–H groups in total. The average Bonchev–Trinajstić information content (AvgIpc) is 2.67. The lowest BCUT2D eigenvalue weighted by molar-refractivity contribution is 0.102. The van der Waals surface area contributed by atoms with E-state index in [1.807, 2.05) is 26.8 Å². The summed E-state index contributed by atoms with van der Waals surface area (Å²) in [6.07, 6.45) is 3.82. The van der Waals surface area contributed by atoms with Crippen LogP contribution in [0, 0.1) is 25.6 Å². The molecule has 1 fully saturated rings. The molecule has 3 rings (SSSR count). The standard InChI is InChI=1S/C22H27FN2O3S/c1-14-8-6-10-21(16(14)3)24-22(26)18-13-17(11-12-19(18)23)29(27,28)25-20-9-5-4-7-15(20)2/h6,8,10-13,15,20,25H,4-5,7,9H2,1-3H3,(H,24,26). The summed E-state index contributed by atoms with van der Waals surface area (Å²) in [5.74, 6) is -1.21. The van der Waals surface area contributed by atoms with E-state index in [0.29, 0.717) is 5.69 Å². The van der Waals surface area contributed by atoms with Crippen LogP contribution in [0.4, 0.5) is 10.1 Å². The van der Waals surface area contributed by atoms with Crippen LogP contribution < -0.4 is 10.0 Å². The van der Waals surface area contributed by atoms with Crippen LogP contribution in [0.3, 0.4) is 0 Å². The predicted molar refractivity (Wildman–Crippen MR) is 112 cm³/mol. The number of sulfonamides is 1. The van der Waals surface area contributed by atoms with Gasteiger partial charge < -0.3 is 5.32 Å². The predicted octanol–water partition coefficient (Wildman–Crippen LogP) is 4.55. The molecule has 0 aromatic heterocycles. The summed E-state index contributed by atoms with van der Waals surface area (Å²) < 4.78 is 42.7. The van der Waals surface area contributed by atoms with E-state index in [0.717, 1.165) is 48.9 Å². The summed E-state index contributed by atoms with van der Waals surface area (Å²) in [4.78, 5) is 12.5. The van der Waals surface area contributed by atoms with E-state index in [4.69, 9.17) is 0 Å². The topological polar surface area (TPSA) is 75.3 Å². The molecular formula is C22H27FN2O3S. The smallest absolute Gasteiger partial charge is 0.258 e. The van der Waals surface area contributed by atoms with Crippen molar-refractivity contribution in [3.8, 4) is 0 Å². The largest absolute Gasteiger partial charge is 0.322 e. The average molecular weight is 419 g/mol. The molecule has 2 unspecified atom stereocenters. The van der Waals surface area contributed by atoms with Gasteiger partial charge in [0, 0.05) is 11.7 Å². The van der Waals surface area contributed by atoms with Gasteiger partial charge in [0.05, 0.1) is 10.5 Å². The van der Waals surface area contributed by atoms with Crippen LogP contribution in [0.25, 0.3) is 0 Å². The van der Waals surface area contributed by atoms with Crippen molar-refractivity contribution in [2.24, 2.45) is 5.92 Å². The molecule has 1 saturated carbocycles. The Kier molecular flexibility index (Phi) is 6.39. The summed E-state index contributed by atoms with van der Waals surface area (Å²) in [5.41, 5.74) is 2.13. The van der Waals surface area contributed by atoms with E-state index in [1.54, 1.807) is 12.1 Å². The number of hydrogen-bond donors (Lipinski definition) is 2. The number of anilines is 1. The molecule has 1 aliphatic carbocycles. The molecule has 2 aromatic rings. The van der Waals surface area contributed by atoms with Crippen LogP contribution in [-0.2, 0) is 10.0 Å². The van der Waals surface area contributed by atoms with Gasteiger partial charge in [0.2, 0.25) is 10.0 Å². The second kappa shape index (κ2) is 8.63. The maximum Gasteiger partial charge on any atom is 0.258 e. The van der Waals surface area contributed by atoms with Gasteiger partial charge in [-0.3, -0.25) is 4.79 Å². The van der Waals surface area contributed by atoms with Crippen molar-refractivity contribution in [2.75, 3.05) is 5.32 Å². The van der Waals surface area contributed by atoms with Gasteiger partial charge >= 0.3 is 0 Å². The Morgan fingerprint density at radius 3 is 2.55 bits per heavy atom. The molecule has 7 heteroatoms. The lowest BCUT2D eigenvalue weighted by Crippen LogP contribution is -2.41. The highest BCUT2D eigenvalue weighted by Crippen LogP contribution is 2.26. The molecular weight excluding hydrogens is 391 g/mol. The normalized spacial score (nSPS) is 19.7. The number of amides is 1. The van der Waals surface area contributed by atoms with Crippen LogP contribution in [0.5, 0.6) is 0 Å². The number of aryl methyl sites for hydroxylation is 1.